The van der Waals surface area contributed by atoms with Gasteiger partial charge in [0.05, 0.1) is 0 Å². The molecule has 0 aliphatic carbocycles. The van der Waals surface area contributed by atoms with Gasteiger partial charge in [0.2, 0.25) is 0 Å². The SMILES string of the molecule is CC(CN)c1ccccc1OC(C)(C)C. The van der Waals surface area contributed by atoms with Crippen LogP contribution in [0.2, 0.25) is 0 Å². The molecule has 0 heterocycles. The Labute approximate surface area is 92.4 Å². The highest BCUT2D eigenvalue weighted by Gasteiger charge is 2.16. The van der Waals surface area contributed by atoms with Crippen molar-refractivity contribution in [3.8, 4) is 5.75 Å². The molecule has 15 heavy (non-hydrogen) atoms. The molecule has 2 nitrogen and oxygen atoms in total. The van der Waals surface area contributed by atoms with Crippen LogP contribution in [-0.2, 0) is 0 Å². The van der Waals surface area contributed by atoms with Crippen LogP contribution in [0.4, 0.5) is 0 Å². The highest BCUT2D eigenvalue weighted by molar-refractivity contribution is 5.36. The van der Waals surface area contributed by atoms with Gasteiger partial charge in [-0.3, -0.25) is 0 Å². The minimum absolute atomic E-state index is 0.162. The molecule has 0 spiro atoms. The van der Waals surface area contributed by atoms with Gasteiger partial charge in [0.1, 0.15) is 11.4 Å². The van der Waals surface area contributed by atoms with Crippen LogP contribution in [0.5, 0.6) is 5.75 Å². The lowest BCUT2D eigenvalue weighted by Crippen LogP contribution is -2.24. The van der Waals surface area contributed by atoms with E-state index in [1.54, 1.807) is 0 Å². The van der Waals surface area contributed by atoms with E-state index in [1.165, 1.54) is 5.56 Å². The number of ether oxygens (including phenoxy) is 1. The molecule has 1 atom stereocenters. The molecule has 2 heteroatoms. The molecule has 0 amide bonds. The quantitative estimate of drug-likeness (QED) is 0.827. The van der Waals surface area contributed by atoms with Crippen molar-refractivity contribution in [2.75, 3.05) is 6.54 Å². The summed E-state index contributed by atoms with van der Waals surface area (Å²) < 4.78 is 5.90. The van der Waals surface area contributed by atoms with Crippen molar-refractivity contribution < 1.29 is 4.74 Å². The van der Waals surface area contributed by atoms with E-state index < -0.39 is 0 Å². The molecule has 0 fully saturated rings. The Bertz CT molecular complexity index is 315. The molecular weight excluding hydrogens is 186 g/mol. The Kier molecular flexibility index (Phi) is 3.75. The Morgan fingerprint density at radius 2 is 1.87 bits per heavy atom. The summed E-state index contributed by atoms with van der Waals surface area (Å²) in [4.78, 5) is 0. The third kappa shape index (κ3) is 3.56. The molecule has 1 aromatic rings. The predicted molar refractivity (Wildman–Crippen MR) is 64.3 cm³/mol. The van der Waals surface area contributed by atoms with Gasteiger partial charge in [-0.15, -0.1) is 0 Å². The van der Waals surface area contributed by atoms with Gasteiger partial charge in [-0.2, -0.15) is 0 Å². The van der Waals surface area contributed by atoms with E-state index in [0.29, 0.717) is 12.5 Å². The fourth-order valence-corrected chi connectivity index (χ4v) is 1.44. The third-order valence-electron chi connectivity index (χ3n) is 2.22. The summed E-state index contributed by atoms with van der Waals surface area (Å²) in [7, 11) is 0. The molecule has 0 aromatic heterocycles. The fraction of sp³-hybridized carbons (Fsp3) is 0.538. The van der Waals surface area contributed by atoms with Gasteiger partial charge in [-0.1, -0.05) is 25.1 Å². The van der Waals surface area contributed by atoms with Gasteiger partial charge in [-0.05, 0) is 44.9 Å². The lowest BCUT2D eigenvalue weighted by Gasteiger charge is -2.24. The zero-order valence-electron chi connectivity index (χ0n) is 10.1. The van der Waals surface area contributed by atoms with Gasteiger partial charge in [0.15, 0.2) is 0 Å². The van der Waals surface area contributed by atoms with E-state index in [1.807, 2.05) is 18.2 Å². The van der Waals surface area contributed by atoms with Crippen LogP contribution in [0.15, 0.2) is 24.3 Å². The molecule has 1 rings (SSSR count). The zero-order valence-corrected chi connectivity index (χ0v) is 10.1. The van der Waals surface area contributed by atoms with Crippen molar-refractivity contribution in [2.24, 2.45) is 5.73 Å². The first-order chi connectivity index (χ1) is 6.94. The van der Waals surface area contributed by atoms with E-state index in [-0.39, 0.29) is 5.60 Å². The van der Waals surface area contributed by atoms with Crippen molar-refractivity contribution in [2.45, 2.75) is 39.2 Å². The molecule has 0 saturated heterocycles. The minimum atomic E-state index is -0.162. The highest BCUT2D eigenvalue weighted by atomic mass is 16.5. The standard InChI is InChI=1S/C13H21NO/c1-10(9-14)11-7-5-6-8-12(11)15-13(2,3)4/h5-8,10H,9,14H2,1-4H3. The van der Waals surface area contributed by atoms with Crippen molar-refractivity contribution in [3.63, 3.8) is 0 Å². The van der Waals surface area contributed by atoms with Crippen molar-refractivity contribution in [3.05, 3.63) is 29.8 Å². The molecule has 1 aromatic carbocycles. The van der Waals surface area contributed by atoms with Gasteiger partial charge in [0, 0.05) is 0 Å². The Morgan fingerprint density at radius 3 is 2.40 bits per heavy atom. The van der Waals surface area contributed by atoms with E-state index in [9.17, 15) is 0 Å². The molecule has 0 aliphatic heterocycles. The smallest absolute Gasteiger partial charge is 0.123 e. The number of para-hydroxylation sites is 1. The summed E-state index contributed by atoms with van der Waals surface area (Å²) in [5, 5.41) is 0. The van der Waals surface area contributed by atoms with Crippen molar-refractivity contribution in [1.82, 2.24) is 0 Å². The van der Waals surface area contributed by atoms with Crippen LogP contribution >= 0.6 is 0 Å². The normalized spacial score (nSPS) is 13.7. The number of benzene rings is 1. The van der Waals surface area contributed by atoms with E-state index in [2.05, 4.69) is 33.8 Å². The zero-order chi connectivity index (χ0) is 11.5. The second-order valence-electron chi connectivity index (χ2n) is 4.89. The topological polar surface area (TPSA) is 35.2 Å². The summed E-state index contributed by atoms with van der Waals surface area (Å²) >= 11 is 0. The number of rotatable bonds is 3. The maximum Gasteiger partial charge on any atom is 0.123 e. The van der Waals surface area contributed by atoms with Gasteiger partial charge in [0.25, 0.3) is 0 Å². The average Bonchev–Trinajstić information content (AvgIpc) is 2.15. The molecule has 0 bridgehead atoms. The minimum Gasteiger partial charge on any atom is -0.488 e. The molecule has 0 aliphatic rings. The summed E-state index contributed by atoms with van der Waals surface area (Å²) in [6.07, 6.45) is 0. The number of hydrogen-bond acceptors (Lipinski definition) is 2. The lowest BCUT2D eigenvalue weighted by molar-refractivity contribution is 0.129. The third-order valence-corrected chi connectivity index (χ3v) is 2.22. The second-order valence-corrected chi connectivity index (χ2v) is 4.89. The fourth-order valence-electron chi connectivity index (χ4n) is 1.44. The molecule has 0 radical (unpaired) electrons. The Balaban J connectivity index is 2.96. The first kappa shape index (κ1) is 12.1. The molecule has 0 saturated carbocycles. The second kappa shape index (κ2) is 4.67. The maximum absolute atomic E-state index is 5.90. The van der Waals surface area contributed by atoms with Gasteiger partial charge >= 0.3 is 0 Å². The maximum atomic E-state index is 5.90. The average molecular weight is 207 g/mol. The van der Waals surface area contributed by atoms with Crippen LogP contribution in [0.1, 0.15) is 39.2 Å². The summed E-state index contributed by atoms with van der Waals surface area (Å²) in [5.74, 6) is 1.28. The van der Waals surface area contributed by atoms with Crippen LogP contribution < -0.4 is 10.5 Å². The molecule has 84 valence electrons. The van der Waals surface area contributed by atoms with Crippen LogP contribution in [0.25, 0.3) is 0 Å². The summed E-state index contributed by atoms with van der Waals surface area (Å²) in [5.41, 5.74) is 6.71. The van der Waals surface area contributed by atoms with E-state index in [4.69, 9.17) is 10.5 Å². The summed E-state index contributed by atoms with van der Waals surface area (Å²) in [6, 6.07) is 8.11. The Hall–Kier alpha value is -1.02. The molecule has 1 unspecified atom stereocenters. The highest BCUT2D eigenvalue weighted by Crippen LogP contribution is 2.28. The van der Waals surface area contributed by atoms with Crippen molar-refractivity contribution >= 4 is 0 Å². The number of nitrogens with two attached hydrogens (primary N) is 1. The van der Waals surface area contributed by atoms with Crippen LogP contribution in [0, 0.1) is 0 Å². The predicted octanol–water partition coefficient (Wildman–Crippen LogP) is 2.93. The lowest BCUT2D eigenvalue weighted by atomic mass is 10.00. The van der Waals surface area contributed by atoms with Crippen LogP contribution in [-0.4, -0.2) is 12.1 Å². The van der Waals surface area contributed by atoms with E-state index >= 15 is 0 Å². The van der Waals surface area contributed by atoms with E-state index in [0.717, 1.165) is 5.75 Å². The van der Waals surface area contributed by atoms with Crippen molar-refractivity contribution in [1.29, 1.82) is 0 Å². The largest absolute Gasteiger partial charge is 0.488 e. The summed E-state index contributed by atoms with van der Waals surface area (Å²) in [6.45, 7) is 8.92. The monoisotopic (exact) mass is 207 g/mol. The molecular formula is C13H21NO. The Morgan fingerprint density at radius 1 is 1.27 bits per heavy atom. The first-order valence-electron chi connectivity index (χ1n) is 5.42. The number of hydrogen-bond donors (Lipinski definition) is 1. The van der Waals surface area contributed by atoms with Gasteiger partial charge < -0.3 is 10.5 Å². The van der Waals surface area contributed by atoms with Crippen LogP contribution in [0.3, 0.4) is 0 Å². The molecule has 2 N–H and O–H groups in total. The first-order valence-corrected chi connectivity index (χ1v) is 5.42. The van der Waals surface area contributed by atoms with Gasteiger partial charge in [-0.25, -0.2) is 0 Å².